The van der Waals surface area contributed by atoms with Gasteiger partial charge in [-0.1, -0.05) is 5.90 Å². The van der Waals surface area contributed by atoms with Gasteiger partial charge < -0.3 is 25.7 Å². The molecule has 1 heterocycles. The highest BCUT2D eigenvalue weighted by molar-refractivity contribution is 5.73. The van der Waals surface area contributed by atoms with Gasteiger partial charge in [0.2, 0.25) is 12.0 Å². The molecule has 0 aromatic carbocycles. The normalized spacial score (nSPS) is 40.8. The molecular weight excluding hydrogens is 220 g/mol. The van der Waals surface area contributed by atoms with Gasteiger partial charge in [0.05, 0.1) is 0 Å². The predicted octanol–water partition coefficient (Wildman–Crippen LogP) is -3.67. The molecule has 1 aliphatic rings. The van der Waals surface area contributed by atoms with Gasteiger partial charge in [-0.15, -0.1) is 0 Å². The molecule has 0 aliphatic carbocycles. The van der Waals surface area contributed by atoms with Crippen LogP contribution in [-0.2, 0) is 9.26 Å². The summed E-state index contributed by atoms with van der Waals surface area (Å²) in [5.41, 5.74) is 0. The topological polar surface area (TPSA) is 139 Å². The van der Waals surface area contributed by atoms with Crippen molar-refractivity contribution < 1.29 is 29.7 Å². The Hall–Kier alpha value is -0.770. The van der Waals surface area contributed by atoms with E-state index in [1.54, 1.807) is 4.47 Å². The summed E-state index contributed by atoms with van der Waals surface area (Å²) in [5.74, 6) is 4.89. The molecule has 1 rings (SSSR count). The van der Waals surface area contributed by atoms with E-state index in [0.717, 1.165) is 0 Å². The first-order valence-corrected chi connectivity index (χ1v) is 4.78. The SMILES string of the molecule is CC(=O)N[C@@H]1[C@@H](O)[C@H](O)[C@@H](CO)[O+](N)[C@H]1O. The molecule has 8 nitrogen and oxygen atoms in total. The van der Waals surface area contributed by atoms with Crippen LogP contribution in [0.15, 0.2) is 0 Å². The van der Waals surface area contributed by atoms with Crippen LogP contribution >= 0.6 is 0 Å². The summed E-state index contributed by atoms with van der Waals surface area (Å²) < 4.78 is 1.68. The summed E-state index contributed by atoms with van der Waals surface area (Å²) in [6, 6.07) is -1.13. The average molecular weight is 237 g/mol. The van der Waals surface area contributed by atoms with Crippen molar-refractivity contribution in [1.82, 2.24) is 5.32 Å². The predicted molar refractivity (Wildman–Crippen MR) is 51.8 cm³/mol. The quantitative estimate of drug-likeness (QED) is 0.274. The lowest BCUT2D eigenvalue weighted by Gasteiger charge is -2.40. The number of hydrogen-bond acceptors (Lipinski definition) is 6. The Labute approximate surface area is 91.9 Å². The van der Waals surface area contributed by atoms with Gasteiger partial charge in [-0.3, -0.25) is 9.26 Å². The Bertz CT molecular complexity index is 247. The third-order valence-electron chi connectivity index (χ3n) is 2.58. The monoisotopic (exact) mass is 237 g/mol. The Morgan fingerprint density at radius 3 is 2.38 bits per heavy atom. The zero-order chi connectivity index (χ0) is 12.5. The minimum absolute atomic E-state index is 0.480. The van der Waals surface area contributed by atoms with E-state index in [-0.39, 0.29) is 0 Å². The van der Waals surface area contributed by atoms with E-state index in [0.29, 0.717) is 0 Å². The number of nitrogens with two attached hydrogens (primary N) is 1. The molecule has 0 saturated carbocycles. The number of aliphatic hydroxyl groups is 4. The maximum Gasteiger partial charge on any atom is 0.309 e. The van der Waals surface area contributed by atoms with Gasteiger partial charge in [0.15, 0.2) is 12.1 Å². The second kappa shape index (κ2) is 5.04. The first-order chi connectivity index (χ1) is 7.40. The molecule has 16 heavy (non-hydrogen) atoms. The Morgan fingerprint density at radius 1 is 1.38 bits per heavy atom. The van der Waals surface area contributed by atoms with Crippen LogP contribution < -0.4 is 11.2 Å². The fourth-order valence-corrected chi connectivity index (χ4v) is 1.70. The van der Waals surface area contributed by atoms with Gasteiger partial charge in [-0.25, -0.2) is 0 Å². The van der Waals surface area contributed by atoms with Crippen LogP contribution in [0.1, 0.15) is 6.92 Å². The second-order valence-electron chi connectivity index (χ2n) is 3.73. The zero-order valence-electron chi connectivity index (χ0n) is 8.78. The van der Waals surface area contributed by atoms with Crippen LogP contribution in [0.5, 0.6) is 0 Å². The number of nitrogens with one attached hydrogen (secondary N) is 1. The Balaban J connectivity index is 2.84. The van der Waals surface area contributed by atoms with Crippen molar-refractivity contribution in [2.75, 3.05) is 6.61 Å². The van der Waals surface area contributed by atoms with E-state index in [1.807, 2.05) is 0 Å². The molecule has 0 spiro atoms. The minimum Gasteiger partial charge on any atom is -0.388 e. The molecule has 0 unspecified atom stereocenters. The molecule has 1 saturated heterocycles. The van der Waals surface area contributed by atoms with Crippen LogP contribution in [0.4, 0.5) is 0 Å². The van der Waals surface area contributed by atoms with E-state index < -0.39 is 43.2 Å². The summed E-state index contributed by atoms with van der Waals surface area (Å²) in [7, 11) is 0. The molecule has 0 aromatic rings. The van der Waals surface area contributed by atoms with Gasteiger partial charge in [0.1, 0.15) is 12.7 Å². The highest BCUT2D eigenvalue weighted by Gasteiger charge is 2.53. The van der Waals surface area contributed by atoms with Crippen molar-refractivity contribution in [3.8, 4) is 0 Å². The third kappa shape index (κ3) is 2.32. The third-order valence-corrected chi connectivity index (χ3v) is 2.58. The molecule has 0 bridgehead atoms. The average Bonchev–Trinajstić information content (AvgIpc) is 2.22. The van der Waals surface area contributed by atoms with Crippen molar-refractivity contribution in [2.45, 2.75) is 37.6 Å². The summed E-state index contributed by atoms with van der Waals surface area (Å²) in [6.07, 6.45) is -5.32. The fraction of sp³-hybridized carbons (Fsp3) is 0.875. The number of carbonyl (C=O) groups is 1. The molecule has 0 aromatic heterocycles. The molecule has 5 atom stereocenters. The first kappa shape index (κ1) is 13.3. The fourth-order valence-electron chi connectivity index (χ4n) is 1.70. The molecule has 1 fully saturated rings. The molecule has 1 amide bonds. The highest BCUT2D eigenvalue weighted by Crippen LogP contribution is 2.23. The van der Waals surface area contributed by atoms with Crippen molar-refractivity contribution >= 4 is 5.91 Å². The largest absolute Gasteiger partial charge is 0.388 e. The van der Waals surface area contributed by atoms with Crippen LogP contribution in [-0.4, -0.2) is 63.6 Å². The Morgan fingerprint density at radius 2 is 1.94 bits per heavy atom. The van der Waals surface area contributed by atoms with Crippen molar-refractivity contribution in [2.24, 2.45) is 5.90 Å². The number of aliphatic hydroxyl groups excluding tert-OH is 4. The maximum atomic E-state index is 10.8. The van der Waals surface area contributed by atoms with E-state index in [1.165, 1.54) is 6.92 Å². The first-order valence-electron chi connectivity index (χ1n) is 4.78. The van der Waals surface area contributed by atoms with E-state index >= 15 is 0 Å². The molecule has 8 heteroatoms. The molecular formula is C8H17N2O6+. The van der Waals surface area contributed by atoms with Crippen LogP contribution in [0, 0.1) is 0 Å². The lowest BCUT2D eigenvalue weighted by molar-refractivity contribution is -0.380. The van der Waals surface area contributed by atoms with Crippen molar-refractivity contribution in [3.05, 3.63) is 0 Å². The number of carbonyl (C=O) groups excluding carboxylic acids is 1. The lowest BCUT2D eigenvalue weighted by atomic mass is 9.97. The van der Waals surface area contributed by atoms with Crippen molar-refractivity contribution in [3.63, 3.8) is 0 Å². The van der Waals surface area contributed by atoms with Gasteiger partial charge in [-0.2, -0.15) is 0 Å². The van der Waals surface area contributed by atoms with Gasteiger partial charge >= 0.3 is 6.29 Å². The van der Waals surface area contributed by atoms with Gasteiger partial charge in [-0.05, 0) is 0 Å². The molecule has 0 radical (unpaired) electrons. The van der Waals surface area contributed by atoms with E-state index in [4.69, 9.17) is 11.0 Å². The standard InChI is InChI=1S/C8H16N2O6/c1-3(12)10-5-7(14)6(13)4(2-11)16(9)8(5)15/h4-8,11,13-15H,2,9H2,1H3/p+1/t4-,5-,6-,7-,8-/m1/s1. The summed E-state index contributed by atoms with van der Waals surface area (Å²) in [5, 5.41) is 40.1. The maximum absolute atomic E-state index is 10.8. The molecule has 1 aliphatic heterocycles. The summed E-state index contributed by atoms with van der Waals surface area (Å²) >= 11 is 0. The molecule has 94 valence electrons. The van der Waals surface area contributed by atoms with Crippen molar-refractivity contribution in [1.29, 1.82) is 0 Å². The zero-order valence-corrected chi connectivity index (χ0v) is 8.78. The minimum atomic E-state index is -1.46. The number of hydrogen-bond donors (Lipinski definition) is 6. The van der Waals surface area contributed by atoms with Gasteiger partial charge in [0.25, 0.3) is 0 Å². The van der Waals surface area contributed by atoms with Crippen LogP contribution in [0.2, 0.25) is 0 Å². The van der Waals surface area contributed by atoms with E-state index in [9.17, 15) is 20.1 Å². The summed E-state index contributed by atoms with van der Waals surface area (Å²) in [4.78, 5) is 10.8. The highest BCUT2D eigenvalue weighted by atomic mass is 16.9. The smallest absolute Gasteiger partial charge is 0.309 e. The van der Waals surface area contributed by atoms with Crippen LogP contribution in [0.25, 0.3) is 0 Å². The molecule has 7 N–H and O–H groups in total. The number of amides is 1. The summed E-state index contributed by atoms with van der Waals surface area (Å²) in [6.45, 7) is 0.652. The number of rotatable bonds is 2. The van der Waals surface area contributed by atoms with Gasteiger partial charge in [0, 0.05) is 6.92 Å². The Kier molecular flexibility index (Phi) is 4.19. The lowest BCUT2D eigenvalue weighted by Crippen LogP contribution is -2.69. The van der Waals surface area contributed by atoms with E-state index in [2.05, 4.69) is 5.32 Å². The second-order valence-corrected chi connectivity index (χ2v) is 3.73. The van der Waals surface area contributed by atoms with Crippen LogP contribution in [0.3, 0.4) is 0 Å².